The fourth-order valence-electron chi connectivity index (χ4n) is 3.50. The third kappa shape index (κ3) is 2.86. The molecule has 2 aliphatic rings. The van der Waals surface area contributed by atoms with Gasteiger partial charge in [-0.1, -0.05) is 42.5 Å². The van der Waals surface area contributed by atoms with Crippen molar-refractivity contribution in [2.75, 3.05) is 6.61 Å². The van der Waals surface area contributed by atoms with E-state index in [2.05, 4.69) is 5.32 Å². The quantitative estimate of drug-likeness (QED) is 0.505. The summed E-state index contributed by atoms with van der Waals surface area (Å²) in [5.74, 6) is -0.625. The minimum atomic E-state index is -0.613. The number of aliphatic hydroxyl groups excluding tert-OH is 1. The molecule has 1 unspecified atom stereocenters. The van der Waals surface area contributed by atoms with Crippen LogP contribution < -0.4 is 10.1 Å². The fourth-order valence-corrected chi connectivity index (χ4v) is 3.50. The van der Waals surface area contributed by atoms with E-state index in [1.807, 2.05) is 36.4 Å². The molecule has 0 radical (unpaired) electrons. The summed E-state index contributed by atoms with van der Waals surface area (Å²) in [6, 6.07) is 14.6. The molecule has 0 saturated carbocycles. The molecule has 2 N–H and O–H groups in total. The average Bonchev–Trinajstić information content (AvgIpc) is 3.24. The molecule has 0 bridgehead atoms. The van der Waals surface area contributed by atoms with Gasteiger partial charge in [-0.05, 0) is 30.0 Å². The second kappa shape index (κ2) is 6.67. The van der Waals surface area contributed by atoms with Crippen molar-refractivity contribution in [2.45, 2.75) is 25.3 Å². The van der Waals surface area contributed by atoms with E-state index in [9.17, 15) is 14.7 Å². The molecule has 0 aliphatic carbocycles. The van der Waals surface area contributed by atoms with Gasteiger partial charge in [-0.3, -0.25) is 9.59 Å². The molecule has 132 valence electrons. The van der Waals surface area contributed by atoms with Gasteiger partial charge in [0.2, 0.25) is 0 Å². The SMILES string of the molecule is O=C1NC(CCc2ccccc2)C(=O)C1=C(O)c1cccc2c1OCC2. The van der Waals surface area contributed by atoms with Crippen molar-refractivity contribution < 1.29 is 19.4 Å². The molecule has 2 aromatic rings. The van der Waals surface area contributed by atoms with Crippen LogP contribution in [0.15, 0.2) is 54.1 Å². The van der Waals surface area contributed by atoms with Gasteiger partial charge < -0.3 is 15.2 Å². The number of nitrogens with one attached hydrogen (secondary N) is 1. The topological polar surface area (TPSA) is 75.6 Å². The Morgan fingerprint density at radius 2 is 1.92 bits per heavy atom. The number of fused-ring (bicyclic) bond motifs is 1. The molecule has 2 aromatic carbocycles. The number of ether oxygens (including phenoxy) is 1. The van der Waals surface area contributed by atoms with Crippen LogP contribution in [-0.4, -0.2) is 29.4 Å². The van der Waals surface area contributed by atoms with Gasteiger partial charge in [0.1, 0.15) is 17.1 Å². The Balaban J connectivity index is 1.59. The predicted molar refractivity (Wildman–Crippen MR) is 96.9 cm³/mol. The van der Waals surface area contributed by atoms with Gasteiger partial charge in [0.25, 0.3) is 5.91 Å². The summed E-state index contributed by atoms with van der Waals surface area (Å²) in [5.41, 5.74) is 2.31. The van der Waals surface area contributed by atoms with Gasteiger partial charge in [-0.25, -0.2) is 0 Å². The highest BCUT2D eigenvalue weighted by molar-refractivity contribution is 6.30. The first-order valence-electron chi connectivity index (χ1n) is 8.72. The summed E-state index contributed by atoms with van der Waals surface area (Å²) < 4.78 is 5.58. The molecule has 1 amide bonds. The van der Waals surface area contributed by atoms with Crippen LogP contribution in [0.5, 0.6) is 5.75 Å². The number of benzene rings is 2. The average molecular weight is 349 g/mol. The summed E-state index contributed by atoms with van der Waals surface area (Å²) in [7, 11) is 0. The number of amides is 1. The minimum absolute atomic E-state index is 0.174. The van der Waals surface area contributed by atoms with E-state index in [1.54, 1.807) is 12.1 Å². The minimum Gasteiger partial charge on any atom is -0.506 e. The highest BCUT2D eigenvalue weighted by Gasteiger charge is 2.39. The number of aliphatic hydroxyl groups is 1. The highest BCUT2D eigenvalue weighted by atomic mass is 16.5. The summed E-state index contributed by atoms with van der Waals surface area (Å²) in [6.07, 6.45) is 1.93. The van der Waals surface area contributed by atoms with E-state index < -0.39 is 11.9 Å². The van der Waals surface area contributed by atoms with Crippen molar-refractivity contribution in [3.63, 3.8) is 0 Å². The number of aryl methyl sites for hydroxylation is 1. The van der Waals surface area contributed by atoms with Crippen LogP contribution in [0.25, 0.3) is 5.76 Å². The molecule has 1 fully saturated rings. The second-order valence-corrected chi connectivity index (χ2v) is 6.53. The summed E-state index contributed by atoms with van der Waals surface area (Å²) in [5, 5.41) is 13.3. The van der Waals surface area contributed by atoms with Gasteiger partial charge in [0.15, 0.2) is 5.78 Å². The largest absolute Gasteiger partial charge is 0.506 e. The van der Waals surface area contributed by atoms with Gasteiger partial charge in [-0.2, -0.15) is 0 Å². The normalized spacial score (nSPS) is 20.5. The summed E-state index contributed by atoms with van der Waals surface area (Å²) in [6.45, 7) is 0.537. The maximum atomic E-state index is 12.7. The maximum absolute atomic E-state index is 12.7. The molecule has 2 aliphatic heterocycles. The van der Waals surface area contributed by atoms with E-state index in [-0.39, 0.29) is 17.1 Å². The molecule has 1 saturated heterocycles. The lowest BCUT2D eigenvalue weighted by Gasteiger charge is -2.09. The second-order valence-electron chi connectivity index (χ2n) is 6.53. The Bertz CT molecular complexity index is 901. The van der Waals surface area contributed by atoms with Gasteiger partial charge in [0.05, 0.1) is 18.2 Å². The Hall–Kier alpha value is -3.08. The maximum Gasteiger partial charge on any atom is 0.259 e. The predicted octanol–water partition coefficient (Wildman–Crippen LogP) is 2.59. The number of rotatable bonds is 4. The van der Waals surface area contributed by atoms with Crippen molar-refractivity contribution in [3.8, 4) is 5.75 Å². The van der Waals surface area contributed by atoms with E-state index in [1.165, 1.54) is 0 Å². The van der Waals surface area contributed by atoms with Crippen LogP contribution in [0.1, 0.15) is 23.1 Å². The first kappa shape index (κ1) is 16.4. The van der Waals surface area contributed by atoms with Crippen LogP contribution in [-0.2, 0) is 22.4 Å². The number of hydrogen-bond donors (Lipinski definition) is 2. The molecule has 1 atom stereocenters. The zero-order valence-corrected chi connectivity index (χ0v) is 14.2. The lowest BCUT2D eigenvalue weighted by atomic mass is 9.98. The number of Topliss-reactive ketones (excluding diaryl/α,β-unsaturated/α-hetero) is 1. The Morgan fingerprint density at radius 3 is 2.73 bits per heavy atom. The lowest BCUT2D eigenvalue weighted by molar-refractivity contribution is -0.117. The van der Waals surface area contributed by atoms with Gasteiger partial charge >= 0.3 is 0 Å². The number of hydrogen-bond acceptors (Lipinski definition) is 4. The third-order valence-corrected chi connectivity index (χ3v) is 4.87. The van der Waals surface area contributed by atoms with Crippen molar-refractivity contribution >= 4 is 17.4 Å². The molecule has 4 rings (SSSR count). The van der Waals surface area contributed by atoms with E-state index in [0.29, 0.717) is 30.8 Å². The smallest absolute Gasteiger partial charge is 0.259 e. The molecule has 2 heterocycles. The molecular formula is C21H19NO4. The fraction of sp³-hybridized carbons (Fsp3) is 0.238. The number of carbonyl (C=O) groups is 2. The molecular weight excluding hydrogens is 330 g/mol. The van der Waals surface area contributed by atoms with Crippen molar-refractivity contribution in [3.05, 3.63) is 70.8 Å². The zero-order valence-electron chi connectivity index (χ0n) is 14.2. The van der Waals surface area contributed by atoms with Crippen molar-refractivity contribution in [1.82, 2.24) is 5.32 Å². The first-order valence-corrected chi connectivity index (χ1v) is 8.72. The van der Waals surface area contributed by atoms with Crippen molar-refractivity contribution in [1.29, 1.82) is 0 Å². The molecule has 0 aromatic heterocycles. The number of para-hydroxylation sites is 1. The van der Waals surface area contributed by atoms with Crippen LogP contribution >= 0.6 is 0 Å². The Labute approximate surface area is 151 Å². The van der Waals surface area contributed by atoms with Crippen LogP contribution in [0, 0.1) is 0 Å². The zero-order chi connectivity index (χ0) is 18.1. The number of carbonyl (C=O) groups excluding carboxylic acids is 2. The monoisotopic (exact) mass is 349 g/mol. The van der Waals surface area contributed by atoms with Gasteiger partial charge in [0, 0.05) is 6.42 Å². The Kier molecular flexibility index (Phi) is 4.21. The van der Waals surface area contributed by atoms with Gasteiger partial charge in [-0.15, -0.1) is 0 Å². The summed E-state index contributed by atoms with van der Waals surface area (Å²) >= 11 is 0. The van der Waals surface area contributed by atoms with E-state index >= 15 is 0 Å². The van der Waals surface area contributed by atoms with E-state index in [0.717, 1.165) is 17.5 Å². The van der Waals surface area contributed by atoms with Crippen LogP contribution in [0.2, 0.25) is 0 Å². The first-order chi connectivity index (χ1) is 12.6. The van der Waals surface area contributed by atoms with Crippen molar-refractivity contribution in [2.24, 2.45) is 0 Å². The number of ketones is 1. The molecule has 0 spiro atoms. The Morgan fingerprint density at radius 1 is 1.12 bits per heavy atom. The van der Waals surface area contributed by atoms with E-state index in [4.69, 9.17) is 4.74 Å². The highest BCUT2D eigenvalue weighted by Crippen LogP contribution is 2.35. The third-order valence-electron chi connectivity index (χ3n) is 4.87. The molecule has 26 heavy (non-hydrogen) atoms. The van der Waals surface area contributed by atoms with Crippen LogP contribution in [0.4, 0.5) is 0 Å². The lowest BCUT2D eigenvalue weighted by Crippen LogP contribution is -2.29. The summed E-state index contributed by atoms with van der Waals surface area (Å²) in [4.78, 5) is 25.0. The standard InChI is InChI=1S/C21H19NO4/c23-18(15-8-4-7-14-11-12-26-20(14)15)17-19(24)16(22-21(17)25)10-9-13-5-2-1-3-6-13/h1-8,16,23H,9-12H2,(H,22,25). The van der Waals surface area contributed by atoms with Crippen LogP contribution in [0.3, 0.4) is 0 Å². The molecule has 5 nitrogen and oxygen atoms in total. The molecule has 5 heteroatoms.